The number of rotatable bonds is 14. The summed E-state index contributed by atoms with van der Waals surface area (Å²) in [6.45, 7) is 17.4. The molecule has 1 aromatic carbocycles. The van der Waals surface area contributed by atoms with Crippen molar-refractivity contribution in [2.24, 2.45) is 7.05 Å². The highest BCUT2D eigenvalue weighted by Gasteiger charge is 2.36. The molecule has 11 heteroatoms. The van der Waals surface area contributed by atoms with E-state index in [0.717, 1.165) is 16.8 Å². The van der Waals surface area contributed by atoms with Crippen LogP contribution < -0.4 is 5.32 Å². The molecule has 252 valence electrons. The Bertz CT molecular complexity index is 1450. The van der Waals surface area contributed by atoms with Crippen LogP contribution in [0.2, 0.25) is 5.02 Å². The molecular formula is C35H51ClN6O4. The van der Waals surface area contributed by atoms with Crippen LogP contribution in [-0.2, 0) is 21.3 Å². The highest BCUT2D eigenvalue weighted by molar-refractivity contribution is 6.30. The minimum absolute atomic E-state index is 0.0439. The SMILES string of the molecule is C=C(c1cc(Cl)ccc1[C@@H](C1C(C)=CC=CN1C)N(C)CCN(CC)C(=O)OC(C)C)[C@@H](NC(=O)C(C)(C)OC)c1cncn1C. The largest absolute Gasteiger partial charge is 0.447 e. The summed E-state index contributed by atoms with van der Waals surface area (Å²) in [6.07, 6.45) is 9.12. The standard InChI is InChI=1S/C35H51ClN6O4/c1-12-42(34(44)46-23(2)3)19-18-40(9)32(31-24(4)14-13-17-39(31)8)27-16-15-26(36)20-28(27)25(5)30(29-21-37-22-41(29)10)38-33(43)35(6,7)45-11/h13-17,20-23,30-32H,5,12,18-19H2,1-4,6-11H3,(H,38,43)/t30-,31?,32+/m1/s1. The maximum Gasteiger partial charge on any atom is 0.410 e. The molecule has 0 saturated carbocycles. The van der Waals surface area contributed by atoms with Crippen LogP contribution in [0, 0.1) is 0 Å². The van der Waals surface area contributed by atoms with Crippen molar-refractivity contribution in [3.63, 3.8) is 0 Å². The number of halogens is 1. The first-order chi connectivity index (χ1) is 21.6. The fraction of sp³-hybridized carbons (Fsp3) is 0.514. The Hall–Kier alpha value is -3.60. The summed E-state index contributed by atoms with van der Waals surface area (Å²) < 4.78 is 12.9. The molecule has 1 unspecified atom stereocenters. The molecule has 3 atom stereocenters. The van der Waals surface area contributed by atoms with Gasteiger partial charge in [0.05, 0.1) is 42.4 Å². The second-order valence-corrected chi connectivity index (χ2v) is 13.0. The lowest BCUT2D eigenvalue weighted by Gasteiger charge is -2.43. The summed E-state index contributed by atoms with van der Waals surface area (Å²) >= 11 is 6.68. The number of ether oxygens (including phenoxy) is 2. The van der Waals surface area contributed by atoms with E-state index in [2.05, 4.69) is 60.0 Å². The third-order valence-electron chi connectivity index (χ3n) is 8.57. The molecule has 1 aliphatic rings. The smallest absolute Gasteiger partial charge is 0.410 e. The van der Waals surface area contributed by atoms with Crippen molar-refractivity contribution in [3.05, 3.63) is 83.1 Å². The van der Waals surface area contributed by atoms with E-state index in [1.165, 1.54) is 12.7 Å². The first-order valence-electron chi connectivity index (χ1n) is 15.7. The topological polar surface area (TPSA) is 92.2 Å². The Morgan fingerprint density at radius 3 is 2.48 bits per heavy atom. The Morgan fingerprint density at radius 2 is 1.91 bits per heavy atom. The number of hydrogen-bond acceptors (Lipinski definition) is 7. The number of allylic oxidation sites excluding steroid dienone is 2. The van der Waals surface area contributed by atoms with E-state index < -0.39 is 11.6 Å². The minimum Gasteiger partial charge on any atom is -0.447 e. The fourth-order valence-electron chi connectivity index (χ4n) is 5.64. The van der Waals surface area contributed by atoms with Gasteiger partial charge in [-0.2, -0.15) is 0 Å². The average molecular weight is 655 g/mol. The van der Waals surface area contributed by atoms with Gasteiger partial charge >= 0.3 is 6.09 Å². The van der Waals surface area contributed by atoms with Crippen LogP contribution in [0.1, 0.15) is 70.4 Å². The molecule has 0 bridgehead atoms. The average Bonchev–Trinajstić information content (AvgIpc) is 3.42. The molecule has 0 saturated heterocycles. The van der Waals surface area contributed by atoms with E-state index in [1.54, 1.807) is 31.3 Å². The third kappa shape index (κ3) is 8.60. The summed E-state index contributed by atoms with van der Waals surface area (Å²) in [6, 6.07) is 4.98. The molecule has 2 amide bonds. The van der Waals surface area contributed by atoms with Crippen molar-refractivity contribution >= 4 is 29.2 Å². The molecule has 2 heterocycles. The number of aromatic nitrogens is 2. The maximum absolute atomic E-state index is 13.5. The summed E-state index contributed by atoms with van der Waals surface area (Å²) in [4.78, 5) is 36.8. The van der Waals surface area contributed by atoms with E-state index >= 15 is 0 Å². The van der Waals surface area contributed by atoms with Crippen LogP contribution >= 0.6 is 11.6 Å². The van der Waals surface area contributed by atoms with Gasteiger partial charge in [0.2, 0.25) is 0 Å². The van der Waals surface area contributed by atoms with Crippen LogP contribution in [0.25, 0.3) is 5.57 Å². The Balaban J connectivity index is 2.13. The number of nitrogens with zero attached hydrogens (tertiary/aromatic N) is 5. The second kappa shape index (κ2) is 15.8. The van der Waals surface area contributed by atoms with E-state index in [9.17, 15) is 9.59 Å². The first-order valence-corrected chi connectivity index (χ1v) is 16.0. The van der Waals surface area contributed by atoms with Crippen LogP contribution in [0.15, 0.2) is 61.2 Å². The van der Waals surface area contributed by atoms with Gasteiger partial charge < -0.3 is 29.2 Å². The summed E-state index contributed by atoms with van der Waals surface area (Å²) in [5.41, 5.74) is 3.32. The van der Waals surface area contributed by atoms with Crippen molar-refractivity contribution in [2.75, 3.05) is 40.8 Å². The van der Waals surface area contributed by atoms with Crippen molar-refractivity contribution in [1.29, 1.82) is 0 Å². The molecule has 3 rings (SSSR count). The van der Waals surface area contributed by atoms with Crippen molar-refractivity contribution in [2.45, 2.75) is 71.4 Å². The number of carbonyl (C=O) groups excluding carboxylic acids is 2. The number of likely N-dealkylation sites (N-methyl/N-ethyl adjacent to an activating group) is 3. The van der Waals surface area contributed by atoms with E-state index in [0.29, 0.717) is 30.2 Å². The van der Waals surface area contributed by atoms with Gasteiger partial charge in [0.1, 0.15) is 5.60 Å². The number of hydrogen-bond donors (Lipinski definition) is 1. The zero-order chi connectivity index (χ0) is 34.3. The predicted octanol–water partition coefficient (Wildman–Crippen LogP) is 5.98. The number of nitrogens with one attached hydrogen (secondary N) is 1. The van der Waals surface area contributed by atoms with Gasteiger partial charge in [-0.05, 0) is 95.3 Å². The number of methoxy groups -OCH3 is 1. The lowest BCUT2D eigenvalue weighted by Crippen LogP contribution is -2.47. The highest BCUT2D eigenvalue weighted by atomic mass is 35.5. The van der Waals surface area contributed by atoms with Crippen LogP contribution in [0.5, 0.6) is 0 Å². The lowest BCUT2D eigenvalue weighted by molar-refractivity contribution is -0.140. The quantitative estimate of drug-likeness (QED) is 0.268. The van der Waals surface area contributed by atoms with Gasteiger partial charge in [-0.3, -0.25) is 9.69 Å². The van der Waals surface area contributed by atoms with E-state index in [1.807, 2.05) is 56.7 Å². The molecule has 0 spiro atoms. The minimum atomic E-state index is -1.07. The van der Waals surface area contributed by atoms with Gasteiger partial charge in [-0.1, -0.05) is 30.3 Å². The zero-order valence-electron chi connectivity index (χ0n) is 29.0. The molecule has 1 aliphatic heterocycles. The molecular weight excluding hydrogens is 604 g/mol. The molecule has 10 nitrogen and oxygen atoms in total. The summed E-state index contributed by atoms with van der Waals surface area (Å²) in [5.74, 6) is -0.288. The number of aryl methyl sites for hydroxylation is 1. The highest BCUT2D eigenvalue weighted by Crippen LogP contribution is 2.40. The molecule has 1 N–H and O–H groups in total. The van der Waals surface area contributed by atoms with Crippen LogP contribution in [-0.4, -0.2) is 94.8 Å². The van der Waals surface area contributed by atoms with Crippen LogP contribution in [0.3, 0.4) is 0 Å². The van der Waals surface area contributed by atoms with Gasteiger partial charge in [-0.15, -0.1) is 0 Å². The lowest BCUT2D eigenvalue weighted by atomic mass is 9.84. The Labute approximate surface area is 279 Å². The Kier molecular flexibility index (Phi) is 12.7. The fourth-order valence-corrected chi connectivity index (χ4v) is 5.81. The van der Waals surface area contributed by atoms with Gasteiger partial charge in [0.15, 0.2) is 0 Å². The van der Waals surface area contributed by atoms with Crippen LogP contribution in [0.4, 0.5) is 4.79 Å². The molecule has 0 radical (unpaired) electrons. The monoisotopic (exact) mass is 654 g/mol. The molecule has 2 aromatic rings. The van der Waals surface area contributed by atoms with E-state index in [4.69, 9.17) is 21.1 Å². The molecule has 1 aromatic heterocycles. The van der Waals surface area contributed by atoms with Crippen molar-refractivity contribution < 1.29 is 19.1 Å². The Morgan fingerprint density at radius 1 is 1.22 bits per heavy atom. The van der Waals surface area contributed by atoms with Gasteiger partial charge in [0.25, 0.3) is 5.91 Å². The number of amides is 2. The van der Waals surface area contributed by atoms with Crippen molar-refractivity contribution in [1.82, 2.24) is 29.6 Å². The van der Waals surface area contributed by atoms with Crippen molar-refractivity contribution in [3.8, 4) is 0 Å². The number of benzene rings is 1. The normalized spacial score (nSPS) is 16.3. The van der Waals surface area contributed by atoms with Gasteiger partial charge in [-0.25, -0.2) is 9.78 Å². The molecule has 0 aliphatic carbocycles. The third-order valence-corrected chi connectivity index (χ3v) is 8.80. The maximum atomic E-state index is 13.5. The predicted molar refractivity (Wildman–Crippen MR) is 184 cm³/mol. The number of carbonyl (C=O) groups is 2. The summed E-state index contributed by atoms with van der Waals surface area (Å²) in [5, 5.41) is 3.71. The molecule has 0 fully saturated rings. The van der Waals surface area contributed by atoms with E-state index in [-0.39, 0.29) is 30.2 Å². The number of imidazole rings is 1. The second-order valence-electron chi connectivity index (χ2n) is 12.6. The van der Waals surface area contributed by atoms with Gasteiger partial charge in [0, 0.05) is 45.9 Å². The first kappa shape index (κ1) is 36.9. The summed E-state index contributed by atoms with van der Waals surface area (Å²) in [7, 11) is 7.52. The zero-order valence-corrected chi connectivity index (χ0v) is 29.8. The molecule has 46 heavy (non-hydrogen) atoms.